The van der Waals surface area contributed by atoms with E-state index in [1.54, 1.807) is 12.3 Å². The second-order valence-corrected chi connectivity index (χ2v) is 4.17. The SMILES string of the molecule is O=C(O)c1ccnc(N2CCn3ccnc3C2)c1. The summed E-state index contributed by atoms with van der Waals surface area (Å²) < 4.78 is 2.09. The van der Waals surface area contributed by atoms with Crippen LogP contribution >= 0.6 is 0 Å². The maximum absolute atomic E-state index is 10.9. The van der Waals surface area contributed by atoms with Gasteiger partial charge in [0, 0.05) is 31.7 Å². The summed E-state index contributed by atoms with van der Waals surface area (Å²) in [4.78, 5) is 21.5. The van der Waals surface area contributed by atoms with Crippen LogP contribution in [0.2, 0.25) is 0 Å². The summed E-state index contributed by atoms with van der Waals surface area (Å²) in [6, 6.07) is 3.09. The first-order valence-corrected chi connectivity index (χ1v) is 5.68. The number of fused-ring (bicyclic) bond motifs is 1. The zero-order valence-electron chi connectivity index (χ0n) is 9.65. The van der Waals surface area contributed by atoms with E-state index in [1.807, 2.05) is 11.1 Å². The van der Waals surface area contributed by atoms with Crippen molar-refractivity contribution in [2.24, 2.45) is 0 Å². The summed E-state index contributed by atoms with van der Waals surface area (Å²) in [6.45, 7) is 2.30. The number of anilines is 1. The van der Waals surface area contributed by atoms with Crippen molar-refractivity contribution in [2.75, 3.05) is 11.4 Å². The highest BCUT2D eigenvalue weighted by atomic mass is 16.4. The van der Waals surface area contributed by atoms with Crippen LogP contribution in [0.1, 0.15) is 16.2 Å². The Labute approximate surface area is 104 Å². The van der Waals surface area contributed by atoms with Crippen LogP contribution in [0, 0.1) is 0 Å². The Morgan fingerprint density at radius 1 is 1.28 bits per heavy atom. The Hall–Kier alpha value is -2.37. The van der Waals surface area contributed by atoms with Crippen molar-refractivity contribution in [3.05, 3.63) is 42.1 Å². The van der Waals surface area contributed by atoms with Gasteiger partial charge in [-0.15, -0.1) is 0 Å². The number of pyridine rings is 1. The van der Waals surface area contributed by atoms with Crippen LogP contribution in [0.15, 0.2) is 30.7 Å². The van der Waals surface area contributed by atoms with Gasteiger partial charge in [-0.05, 0) is 12.1 Å². The van der Waals surface area contributed by atoms with E-state index in [4.69, 9.17) is 5.11 Å². The number of aromatic nitrogens is 3. The number of hydrogen-bond donors (Lipinski definition) is 1. The Bertz CT molecular complexity index is 593. The highest BCUT2D eigenvalue weighted by molar-refractivity contribution is 5.88. The number of carbonyl (C=O) groups is 1. The van der Waals surface area contributed by atoms with Crippen LogP contribution in [0.5, 0.6) is 0 Å². The third-order valence-corrected chi connectivity index (χ3v) is 3.06. The fourth-order valence-corrected chi connectivity index (χ4v) is 2.09. The summed E-state index contributed by atoms with van der Waals surface area (Å²) >= 11 is 0. The van der Waals surface area contributed by atoms with Crippen molar-refractivity contribution in [3.63, 3.8) is 0 Å². The third kappa shape index (κ3) is 1.81. The molecule has 18 heavy (non-hydrogen) atoms. The van der Waals surface area contributed by atoms with Gasteiger partial charge in [0.1, 0.15) is 11.6 Å². The number of rotatable bonds is 2. The van der Waals surface area contributed by atoms with E-state index in [0.717, 1.165) is 18.9 Å². The van der Waals surface area contributed by atoms with Gasteiger partial charge in [0.25, 0.3) is 0 Å². The normalized spacial score (nSPS) is 14.3. The minimum Gasteiger partial charge on any atom is -0.478 e. The number of carboxylic acids is 1. The summed E-state index contributed by atoms with van der Waals surface area (Å²) in [7, 11) is 0. The van der Waals surface area contributed by atoms with Gasteiger partial charge in [0.15, 0.2) is 0 Å². The van der Waals surface area contributed by atoms with Crippen molar-refractivity contribution in [1.82, 2.24) is 14.5 Å². The van der Waals surface area contributed by atoms with Crippen molar-refractivity contribution >= 4 is 11.8 Å². The fraction of sp³-hybridized carbons (Fsp3) is 0.250. The van der Waals surface area contributed by atoms with Gasteiger partial charge in [-0.2, -0.15) is 0 Å². The highest BCUT2D eigenvalue weighted by Gasteiger charge is 2.18. The zero-order chi connectivity index (χ0) is 12.5. The van der Waals surface area contributed by atoms with E-state index in [1.165, 1.54) is 12.3 Å². The van der Waals surface area contributed by atoms with E-state index in [9.17, 15) is 4.79 Å². The van der Waals surface area contributed by atoms with Crippen LogP contribution < -0.4 is 4.90 Å². The quantitative estimate of drug-likeness (QED) is 0.853. The average Bonchev–Trinajstić information content (AvgIpc) is 2.86. The number of imidazole rings is 1. The van der Waals surface area contributed by atoms with Crippen LogP contribution in [-0.2, 0) is 13.1 Å². The van der Waals surface area contributed by atoms with Gasteiger partial charge >= 0.3 is 5.97 Å². The lowest BCUT2D eigenvalue weighted by atomic mass is 10.2. The molecule has 0 aromatic carbocycles. The Kier molecular flexibility index (Phi) is 2.47. The van der Waals surface area contributed by atoms with Gasteiger partial charge < -0.3 is 14.6 Å². The molecule has 3 heterocycles. The molecule has 0 saturated heterocycles. The first-order chi connectivity index (χ1) is 8.74. The minimum absolute atomic E-state index is 0.258. The molecule has 92 valence electrons. The molecule has 0 fully saturated rings. The summed E-state index contributed by atoms with van der Waals surface area (Å²) in [6.07, 6.45) is 5.26. The van der Waals surface area contributed by atoms with E-state index >= 15 is 0 Å². The predicted molar refractivity (Wildman–Crippen MR) is 64.5 cm³/mol. The van der Waals surface area contributed by atoms with E-state index in [2.05, 4.69) is 14.5 Å². The molecule has 6 nitrogen and oxygen atoms in total. The van der Waals surface area contributed by atoms with Gasteiger partial charge in [-0.3, -0.25) is 0 Å². The topological polar surface area (TPSA) is 71.2 Å². The number of nitrogens with zero attached hydrogens (tertiary/aromatic N) is 4. The molecule has 0 radical (unpaired) electrons. The number of carboxylic acid groups (broad SMARTS) is 1. The molecule has 3 rings (SSSR count). The van der Waals surface area contributed by atoms with E-state index < -0.39 is 5.97 Å². The zero-order valence-corrected chi connectivity index (χ0v) is 9.65. The molecule has 0 spiro atoms. The summed E-state index contributed by atoms with van der Waals surface area (Å²) in [5.41, 5.74) is 0.258. The molecule has 0 atom stereocenters. The second kappa shape index (κ2) is 4.14. The molecule has 1 aliphatic rings. The maximum atomic E-state index is 10.9. The van der Waals surface area contributed by atoms with Gasteiger partial charge in [-0.25, -0.2) is 14.8 Å². The van der Waals surface area contributed by atoms with Crippen LogP contribution in [-0.4, -0.2) is 32.2 Å². The Morgan fingerprint density at radius 2 is 2.17 bits per heavy atom. The second-order valence-electron chi connectivity index (χ2n) is 4.17. The lowest BCUT2D eigenvalue weighted by Gasteiger charge is -2.28. The number of aromatic carboxylic acids is 1. The monoisotopic (exact) mass is 244 g/mol. The van der Waals surface area contributed by atoms with Crippen LogP contribution in [0.4, 0.5) is 5.82 Å². The molecule has 2 aromatic rings. The smallest absolute Gasteiger partial charge is 0.335 e. The molecule has 1 N–H and O–H groups in total. The van der Waals surface area contributed by atoms with E-state index in [0.29, 0.717) is 12.4 Å². The molecule has 6 heteroatoms. The first-order valence-electron chi connectivity index (χ1n) is 5.68. The van der Waals surface area contributed by atoms with Crippen LogP contribution in [0.25, 0.3) is 0 Å². The molecule has 1 aliphatic heterocycles. The van der Waals surface area contributed by atoms with Crippen molar-refractivity contribution < 1.29 is 9.90 Å². The Balaban J connectivity index is 1.88. The van der Waals surface area contributed by atoms with Crippen molar-refractivity contribution in [3.8, 4) is 0 Å². The summed E-state index contributed by atoms with van der Waals surface area (Å²) in [5.74, 6) is 0.727. The molecular formula is C12H12N4O2. The lowest BCUT2D eigenvalue weighted by molar-refractivity contribution is 0.0697. The molecule has 0 unspecified atom stereocenters. The van der Waals surface area contributed by atoms with Gasteiger partial charge in [0.2, 0.25) is 0 Å². The molecular weight excluding hydrogens is 232 g/mol. The van der Waals surface area contributed by atoms with Crippen LogP contribution in [0.3, 0.4) is 0 Å². The molecule has 0 bridgehead atoms. The molecule has 2 aromatic heterocycles. The Morgan fingerprint density at radius 3 is 3.00 bits per heavy atom. The standard InChI is InChI=1S/C12H12N4O2/c17-12(18)9-1-2-13-10(7-9)16-6-5-15-4-3-14-11(15)8-16/h1-4,7H,5-6,8H2,(H,17,18). The average molecular weight is 244 g/mol. The largest absolute Gasteiger partial charge is 0.478 e. The van der Waals surface area contributed by atoms with Crippen molar-refractivity contribution in [2.45, 2.75) is 13.1 Å². The lowest BCUT2D eigenvalue weighted by Crippen LogP contribution is -2.34. The van der Waals surface area contributed by atoms with Gasteiger partial charge in [-0.1, -0.05) is 0 Å². The predicted octanol–water partition coefficient (Wildman–Crippen LogP) is 0.996. The molecule has 0 amide bonds. The third-order valence-electron chi connectivity index (χ3n) is 3.06. The number of hydrogen-bond acceptors (Lipinski definition) is 4. The molecule has 0 aliphatic carbocycles. The van der Waals surface area contributed by atoms with Crippen molar-refractivity contribution in [1.29, 1.82) is 0 Å². The fourth-order valence-electron chi connectivity index (χ4n) is 2.09. The highest BCUT2D eigenvalue weighted by Crippen LogP contribution is 2.18. The molecule has 0 saturated carbocycles. The van der Waals surface area contributed by atoms with Gasteiger partial charge in [0.05, 0.1) is 12.1 Å². The summed E-state index contributed by atoms with van der Waals surface area (Å²) in [5, 5.41) is 8.97. The minimum atomic E-state index is -0.933. The first kappa shape index (κ1) is 10.8. The van der Waals surface area contributed by atoms with E-state index in [-0.39, 0.29) is 5.56 Å². The maximum Gasteiger partial charge on any atom is 0.335 e.